The van der Waals surface area contributed by atoms with E-state index in [2.05, 4.69) is 10.0 Å². The summed E-state index contributed by atoms with van der Waals surface area (Å²) in [7, 11) is -1.90. The minimum absolute atomic E-state index is 0.0294. The molecule has 1 aromatic carbocycles. The summed E-state index contributed by atoms with van der Waals surface area (Å²) >= 11 is 0. The summed E-state index contributed by atoms with van der Waals surface area (Å²) in [5.41, 5.74) is 0.223. The van der Waals surface area contributed by atoms with Crippen molar-refractivity contribution < 1.29 is 13.3 Å². The Morgan fingerprint density at radius 3 is 2.50 bits per heavy atom. The number of nitro benzene ring substituents is 1. The average Bonchev–Trinajstić information content (AvgIpc) is 2.28. The zero-order chi connectivity index (χ0) is 13.8. The molecular formula is C10H15N3O4S. The van der Waals surface area contributed by atoms with E-state index in [0.717, 1.165) is 0 Å². The van der Waals surface area contributed by atoms with Gasteiger partial charge in [-0.25, -0.2) is 13.1 Å². The lowest BCUT2D eigenvalue weighted by Gasteiger charge is -2.07. The molecule has 0 fully saturated rings. The van der Waals surface area contributed by atoms with E-state index in [1.54, 1.807) is 7.05 Å². The Morgan fingerprint density at radius 1 is 1.33 bits per heavy atom. The summed E-state index contributed by atoms with van der Waals surface area (Å²) in [6.45, 7) is 2.27. The summed E-state index contributed by atoms with van der Waals surface area (Å²) in [6, 6.07) is 3.72. The molecule has 0 spiro atoms. The van der Waals surface area contributed by atoms with Gasteiger partial charge in [-0.3, -0.25) is 10.1 Å². The van der Waals surface area contributed by atoms with E-state index >= 15 is 0 Å². The van der Waals surface area contributed by atoms with Gasteiger partial charge in [0.15, 0.2) is 0 Å². The van der Waals surface area contributed by atoms with Crippen molar-refractivity contribution in [2.75, 3.05) is 20.1 Å². The van der Waals surface area contributed by atoms with Gasteiger partial charge in [-0.1, -0.05) is 0 Å². The van der Waals surface area contributed by atoms with Crippen LogP contribution in [0.15, 0.2) is 23.1 Å². The summed E-state index contributed by atoms with van der Waals surface area (Å²) < 4.78 is 26.1. The summed E-state index contributed by atoms with van der Waals surface area (Å²) in [4.78, 5) is 10.1. The lowest BCUT2D eigenvalue weighted by atomic mass is 10.2. The van der Waals surface area contributed by atoms with E-state index in [1.807, 2.05) is 0 Å². The number of nitrogens with one attached hydrogen (secondary N) is 2. The monoisotopic (exact) mass is 273 g/mol. The molecule has 0 bridgehead atoms. The van der Waals surface area contributed by atoms with E-state index in [4.69, 9.17) is 0 Å². The summed E-state index contributed by atoms with van der Waals surface area (Å²) in [5.74, 6) is 0. The second kappa shape index (κ2) is 5.89. The highest BCUT2D eigenvalue weighted by atomic mass is 32.2. The molecule has 7 nitrogen and oxygen atoms in total. The van der Waals surface area contributed by atoms with Crippen LogP contribution in [0.5, 0.6) is 0 Å². The maximum Gasteiger partial charge on any atom is 0.272 e. The molecule has 18 heavy (non-hydrogen) atoms. The van der Waals surface area contributed by atoms with Gasteiger partial charge in [0.25, 0.3) is 5.69 Å². The molecule has 1 rings (SSSR count). The minimum atomic E-state index is -3.61. The zero-order valence-corrected chi connectivity index (χ0v) is 11.0. The number of nitrogens with zero attached hydrogens (tertiary/aromatic N) is 1. The molecular weight excluding hydrogens is 258 g/mol. The second-order valence-corrected chi connectivity index (χ2v) is 5.47. The van der Waals surface area contributed by atoms with Gasteiger partial charge in [0.05, 0.1) is 9.82 Å². The summed E-state index contributed by atoms with van der Waals surface area (Å²) in [6.07, 6.45) is 0. The number of nitro groups is 1. The van der Waals surface area contributed by atoms with E-state index in [0.29, 0.717) is 12.1 Å². The van der Waals surface area contributed by atoms with Crippen LogP contribution in [0, 0.1) is 17.0 Å². The predicted molar refractivity (Wildman–Crippen MR) is 66.9 cm³/mol. The van der Waals surface area contributed by atoms with Crippen molar-refractivity contribution in [2.24, 2.45) is 0 Å². The fraction of sp³-hybridized carbons (Fsp3) is 0.400. The molecule has 100 valence electrons. The lowest BCUT2D eigenvalue weighted by molar-refractivity contribution is -0.385. The maximum absolute atomic E-state index is 11.8. The average molecular weight is 273 g/mol. The van der Waals surface area contributed by atoms with Crippen LogP contribution in [0.2, 0.25) is 0 Å². The van der Waals surface area contributed by atoms with Crippen molar-refractivity contribution in [2.45, 2.75) is 11.8 Å². The Labute approximate surface area is 105 Å². The predicted octanol–water partition coefficient (Wildman–Crippen LogP) is 0.401. The van der Waals surface area contributed by atoms with Crippen molar-refractivity contribution in [1.29, 1.82) is 0 Å². The van der Waals surface area contributed by atoms with Crippen molar-refractivity contribution in [3.05, 3.63) is 33.9 Å². The van der Waals surface area contributed by atoms with Gasteiger partial charge in [0.1, 0.15) is 0 Å². The van der Waals surface area contributed by atoms with Gasteiger partial charge in [-0.2, -0.15) is 0 Å². The zero-order valence-electron chi connectivity index (χ0n) is 10.1. The first-order chi connectivity index (χ1) is 8.38. The van der Waals surface area contributed by atoms with Crippen LogP contribution in [0.1, 0.15) is 5.56 Å². The quantitative estimate of drug-likeness (QED) is 0.444. The molecule has 0 saturated heterocycles. The van der Waals surface area contributed by atoms with E-state index in [1.165, 1.54) is 25.1 Å². The number of benzene rings is 1. The van der Waals surface area contributed by atoms with Gasteiger partial charge in [-0.15, -0.1) is 0 Å². The van der Waals surface area contributed by atoms with Crippen molar-refractivity contribution in [3.8, 4) is 0 Å². The van der Waals surface area contributed by atoms with E-state index in [9.17, 15) is 18.5 Å². The first kappa shape index (κ1) is 14.6. The minimum Gasteiger partial charge on any atom is -0.318 e. The van der Waals surface area contributed by atoms with E-state index < -0.39 is 14.9 Å². The molecule has 0 unspecified atom stereocenters. The van der Waals surface area contributed by atoms with Crippen molar-refractivity contribution >= 4 is 15.7 Å². The fourth-order valence-electron chi connectivity index (χ4n) is 1.39. The molecule has 2 N–H and O–H groups in total. The van der Waals surface area contributed by atoms with Crippen LogP contribution in [0.4, 0.5) is 5.69 Å². The van der Waals surface area contributed by atoms with Gasteiger partial charge >= 0.3 is 0 Å². The molecule has 0 aliphatic carbocycles. The van der Waals surface area contributed by atoms with Crippen LogP contribution in [-0.4, -0.2) is 33.5 Å². The molecule has 0 amide bonds. The molecule has 0 atom stereocenters. The molecule has 0 aromatic heterocycles. The SMILES string of the molecule is CNCCNS(=O)(=O)c1ccc([N+](=O)[O-])c(C)c1. The summed E-state index contributed by atoms with van der Waals surface area (Å²) in [5, 5.41) is 13.4. The molecule has 0 heterocycles. The second-order valence-electron chi connectivity index (χ2n) is 3.71. The Kier molecular flexibility index (Phi) is 4.76. The Morgan fingerprint density at radius 2 is 2.00 bits per heavy atom. The standard InChI is InChI=1S/C10H15N3O4S/c1-8-7-9(3-4-10(8)13(14)15)18(16,17)12-6-5-11-2/h3-4,7,11-12H,5-6H2,1-2H3. The van der Waals surface area contributed by atoms with Gasteiger partial charge in [-0.05, 0) is 26.1 Å². The molecule has 8 heteroatoms. The van der Waals surface area contributed by atoms with Gasteiger partial charge in [0.2, 0.25) is 10.0 Å². The molecule has 0 aliphatic rings. The Hall–Kier alpha value is -1.51. The Balaban J connectivity index is 2.97. The topological polar surface area (TPSA) is 101 Å². The normalized spacial score (nSPS) is 11.4. The third-order valence-corrected chi connectivity index (χ3v) is 3.80. The Bertz CT molecular complexity index is 542. The van der Waals surface area contributed by atoms with Crippen LogP contribution in [0.3, 0.4) is 0 Å². The molecule has 0 aliphatic heterocycles. The largest absolute Gasteiger partial charge is 0.318 e. The number of sulfonamides is 1. The number of likely N-dealkylation sites (N-methyl/N-ethyl adjacent to an activating group) is 1. The van der Waals surface area contributed by atoms with Crippen LogP contribution < -0.4 is 10.0 Å². The first-order valence-corrected chi connectivity index (χ1v) is 6.76. The number of hydrogen-bond acceptors (Lipinski definition) is 5. The lowest BCUT2D eigenvalue weighted by Crippen LogP contribution is -2.30. The highest BCUT2D eigenvalue weighted by Gasteiger charge is 2.17. The molecule has 1 aromatic rings. The first-order valence-electron chi connectivity index (χ1n) is 5.28. The van der Waals surface area contributed by atoms with Gasteiger partial charge < -0.3 is 5.32 Å². The van der Waals surface area contributed by atoms with Crippen LogP contribution in [0.25, 0.3) is 0 Å². The van der Waals surface area contributed by atoms with Gasteiger partial charge in [0, 0.05) is 24.7 Å². The third kappa shape index (κ3) is 3.49. The maximum atomic E-state index is 11.8. The van der Waals surface area contributed by atoms with Crippen LogP contribution in [-0.2, 0) is 10.0 Å². The van der Waals surface area contributed by atoms with Crippen molar-refractivity contribution in [1.82, 2.24) is 10.0 Å². The smallest absolute Gasteiger partial charge is 0.272 e. The highest BCUT2D eigenvalue weighted by molar-refractivity contribution is 7.89. The highest BCUT2D eigenvalue weighted by Crippen LogP contribution is 2.21. The molecule has 0 radical (unpaired) electrons. The van der Waals surface area contributed by atoms with Crippen molar-refractivity contribution in [3.63, 3.8) is 0 Å². The molecule has 0 saturated carbocycles. The number of aryl methyl sites for hydroxylation is 1. The third-order valence-electron chi connectivity index (χ3n) is 2.34. The van der Waals surface area contributed by atoms with Crippen LogP contribution >= 0.6 is 0 Å². The van der Waals surface area contributed by atoms with E-state index in [-0.39, 0.29) is 17.1 Å². The fourth-order valence-corrected chi connectivity index (χ4v) is 2.51. The number of rotatable bonds is 6. The number of hydrogen-bond donors (Lipinski definition) is 2.